The van der Waals surface area contributed by atoms with Gasteiger partial charge in [-0.2, -0.15) is 0 Å². The molecule has 2 saturated heterocycles. The molecule has 6 N–H and O–H groups in total. The Bertz CT molecular complexity index is 1420. The molecule has 47 heavy (non-hydrogen) atoms. The lowest BCUT2D eigenvalue weighted by Crippen LogP contribution is -2.62. The van der Waals surface area contributed by atoms with Gasteiger partial charge in [0.05, 0.1) is 18.4 Å². The van der Waals surface area contributed by atoms with Gasteiger partial charge in [0.25, 0.3) is 0 Å². The summed E-state index contributed by atoms with van der Waals surface area (Å²) in [5, 5.41) is 24.5. The van der Waals surface area contributed by atoms with Crippen LogP contribution in [0, 0.1) is 11.8 Å². The largest absolute Gasteiger partial charge is 0.454 e. The summed E-state index contributed by atoms with van der Waals surface area (Å²) in [7, 11) is 0. The van der Waals surface area contributed by atoms with Crippen LogP contribution >= 0.6 is 0 Å². The van der Waals surface area contributed by atoms with Gasteiger partial charge in [0.1, 0.15) is 24.2 Å². The maximum Gasteiger partial charge on any atom is 0.248 e. The van der Waals surface area contributed by atoms with E-state index in [0.717, 1.165) is 0 Å². The number of ether oxygens (including phenoxy) is 2. The van der Waals surface area contributed by atoms with Crippen LogP contribution in [-0.2, 0) is 35.2 Å². The molecular weight excluding hydrogens is 612 g/mol. The maximum absolute atomic E-state index is 14.0. The minimum Gasteiger partial charge on any atom is -0.454 e. The first-order valence-electron chi connectivity index (χ1n) is 16.2. The van der Waals surface area contributed by atoms with Crippen molar-refractivity contribution < 1.29 is 43.3 Å². The van der Waals surface area contributed by atoms with Gasteiger partial charge in [-0.1, -0.05) is 26.3 Å². The first-order valence-corrected chi connectivity index (χ1v) is 16.2. The van der Waals surface area contributed by atoms with Gasteiger partial charge in [-0.25, -0.2) is 0 Å². The number of nitrogens with one attached hydrogen (secondary N) is 5. The predicted molar refractivity (Wildman–Crippen MR) is 166 cm³/mol. The summed E-state index contributed by atoms with van der Waals surface area (Å²) in [5.41, 5.74) is 0.678. The van der Waals surface area contributed by atoms with Crippen LogP contribution in [0.2, 0.25) is 0 Å². The van der Waals surface area contributed by atoms with Crippen LogP contribution < -0.4 is 36.1 Å². The molecule has 1 aromatic rings. The molecule has 15 heteroatoms. The first-order chi connectivity index (χ1) is 22.3. The third-order valence-electron chi connectivity index (χ3n) is 9.28. The Morgan fingerprint density at radius 3 is 2.38 bits per heavy atom. The van der Waals surface area contributed by atoms with E-state index in [2.05, 4.69) is 26.6 Å². The van der Waals surface area contributed by atoms with Crippen LogP contribution in [0.25, 0.3) is 0 Å². The van der Waals surface area contributed by atoms with Crippen molar-refractivity contribution in [3.05, 3.63) is 23.8 Å². The standard InChI is InChI=1S/C32H44N6O9/c1-15(2)26-31(44)37-27(17(4)39)32(45)38-13-19(34-25(40)11-18-8-9-23-24(10-18)47-14-46-23)12-22(38)30(43)33-16(3)28(41)35-21-7-5-6-20(21)29(42)36-26/h8-10,15-17,19-22,26-27,39H,5-7,11-14H2,1-4H3,(H,33,43)(H,34,40)(H,35,41)(H,36,42)(H,37,44)/t16-,17+,19-,20-,21-,22-,26+,27-/m0/s1. The summed E-state index contributed by atoms with van der Waals surface area (Å²) in [6, 6.07) is -0.540. The third-order valence-corrected chi connectivity index (χ3v) is 9.28. The Morgan fingerprint density at radius 1 is 0.936 bits per heavy atom. The minimum atomic E-state index is -1.45. The van der Waals surface area contributed by atoms with Gasteiger partial charge in [0, 0.05) is 18.6 Å². The second kappa shape index (κ2) is 14.2. The number of benzene rings is 1. The highest BCUT2D eigenvalue weighted by atomic mass is 16.7. The smallest absolute Gasteiger partial charge is 0.248 e. The van der Waals surface area contributed by atoms with Gasteiger partial charge in [-0.15, -0.1) is 0 Å². The molecular formula is C32H44N6O9. The fraction of sp³-hybridized carbons (Fsp3) is 0.625. The topological polar surface area (TPSA) is 204 Å². The zero-order chi connectivity index (χ0) is 34.0. The lowest BCUT2D eigenvalue weighted by Gasteiger charge is -2.33. The van der Waals surface area contributed by atoms with Crippen molar-refractivity contribution in [3.8, 4) is 11.5 Å². The van der Waals surface area contributed by atoms with E-state index in [0.29, 0.717) is 36.3 Å². The van der Waals surface area contributed by atoms with Crippen molar-refractivity contribution in [2.45, 2.75) is 102 Å². The van der Waals surface area contributed by atoms with E-state index in [4.69, 9.17) is 9.47 Å². The highest BCUT2D eigenvalue weighted by molar-refractivity contribution is 5.97. The molecule has 3 aliphatic heterocycles. The highest BCUT2D eigenvalue weighted by Crippen LogP contribution is 2.33. The summed E-state index contributed by atoms with van der Waals surface area (Å²) >= 11 is 0. The van der Waals surface area contributed by atoms with Gasteiger partial charge in [-0.3, -0.25) is 28.8 Å². The fourth-order valence-electron chi connectivity index (χ4n) is 6.68. The van der Waals surface area contributed by atoms with Crippen molar-refractivity contribution in [2.24, 2.45) is 11.8 Å². The molecule has 5 rings (SSSR count). The van der Waals surface area contributed by atoms with Crippen molar-refractivity contribution in [2.75, 3.05) is 13.3 Å². The number of hydrogen-bond donors (Lipinski definition) is 6. The third kappa shape index (κ3) is 7.61. The van der Waals surface area contributed by atoms with E-state index in [9.17, 15) is 33.9 Å². The van der Waals surface area contributed by atoms with E-state index in [-0.39, 0.29) is 38.0 Å². The van der Waals surface area contributed by atoms with Crippen molar-refractivity contribution in [1.29, 1.82) is 0 Å². The molecule has 1 saturated carbocycles. The van der Waals surface area contributed by atoms with Crippen LogP contribution in [0.5, 0.6) is 11.5 Å². The average molecular weight is 657 g/mol. The van der Waals surface area contributed by atoms with Crippen molar-refractivity contribution >= 4 is 35.4 Å². The molecule has 0 aromatic heterocycles. The summed E-state index contributed by atoms with van der Waals surface area (Å²) in [6.07, 6.45) is 0.449. The molecule has 3 heterocycles. The molecule has 1 aliphatic carbocycles. The molecule has 3 fully saturated rings. The van der Waals surface area contributed by atoms with E-state index in [1.54, 1.807) is 32.0 Å². The Morgan fingerprint density at radius 2 is 1.66 bits per heavy atom. The number of fused-ring (bicyclic) bond motifs is 3. The molecule has 15 nitrogen and oxygen atoms in total. The number of nitrogens with zero attached hydrogens (tertiary/aromatic N) is 1. The van der Waals surface area contributed by atoms with Gasteiger partial charge in [0.2, 0.25) is 42.2 Å². The Labute approximate surface area is 272 Å². The van der Waals surface area contributed by atoms with Gasteiger partial charge in [0.15, 0.2) is 11.5 Å². The SMILES string of the molecule is CC(C)[C@H]1NC(=O)[C@H]2CCC[C@@H]2NC(=O)[C@H](C)NC(=O)[C@@H]2C[C@H](NC(=O)Cc3ccc4c(c3)OCO4)CN2C(=O)[C@H]([C@@H](C)O)NC1=O. The molecule has 4 aliphatic rings. The molecule has 0 bridgehead atoms. The summed E-state index contributed by atoms with van der Waals surface area (Å²) in [5.74, 6) is -3.10. The summed E-state index contributed by atoms with van der Waals surface area (Å²) in [4.78, 5) is 81.9. The molecule has 0 radical (unpaired) electrons. The molecule has 8 atom stereocenters. The summed E-state index contributed by atoms with van der Waals surface area (Å²) < 4.78 is 10.7. The lowest BCUT2D eigenvalue weighted by molar-refractivity contribution is -0.145. The van der Waals surface area contributed by atoms with Crippen LogP contribution in [0.1, 0.15) is 58.9 Å². The number of aliphatic hydroxyl groups is 1. The molecule has 256 valence electrons. The quantitative estimate of drug-likeness (QED) is 0.226. The maximum atomic E-state index is 14.0. The normalized spacial score (nSPS) is 30.6. The van der Waals surface area contributed by atoms with Crippen molar-refractivity contribution in [3.63, 3.8) is 0 Å². The van der Waals surface area contributed by atoms with Crippen LogP contribution in [-0.4, -0.2) is 101 Å². The van der Waals surface area contributed by atoms with Crippen molar-refractivity contribution in [1.82, 2.24) is 31.5 Å². The van der Waals surface area contributed by atoms with E-state index in [1.807, 2.05) is 0 Å². The first kappa shape index (κ1) is 33.9. The number of carbonyl (C=O) groups is 6. The van der Waals surface area contributed by atoms with Crippen LogP contribution in [0.4, 0.5) is 0 Å². The number of carbonyl (C=O) groups excluding carboxylic acids is 6. The zero-order valence-corrected chi connectivity index (χ0v) is 27.0. The molecule has 1 aromatic carbocycles. The Balaban J connectivity index is 1.38. The average Bonchev–Trinajstić information content (AvgIpc) is 3.77. The fourth-order valence-corrected chi connectivity index (χ4v) is 6.68. The lowest BCUT2D eigenvalue weighted by atomic mass is 9.98. The number of rotatable bonds is 5. The Hall–Kier alpha value is -4.40. The highest BCUT2D eigenvalue weighted by Gasteiger charge is 2.45. The zero-order valence-electron chi connectivity index (χ0n) is 27.0. The second-order valence-corrected chi connectivity index (χ2v) is 13.2. The van der Waals surface area contributed by atoms with E-state index in [1.165, 1.54) is 18.7 Å². The Kier molecular flexibility index (Phi) is 10.2. The van der Waals surface area contributed by atoms with Gasteiger partial charge < -0.3 is 46.1 Å². The number of hydrogen-bond acceptors (Lipinski definition) is 9. The van der Waals surface area contributed by atoms with Crippen LogP contribution in [0.3, 0.4) is 0 Å². The number of aliphatic hydroxyl groups excluding tert-OH is 1. The molecule has 0 unspecified atom stereocenters. The predicted octanol–water partition coefficient (Wildman–Crippen LogP) is -1.15. The second-order valence-electron chi connectivity index (χ2n) is 13.2. The van der Waals surface area contributed by atoms with Gasteiger partial charge >= 0.3 is 0 Å². The number of amides is 6. The van der Waals surface area contributed by atoms with E-state index >= 15 is 0 Å². The minimum absolute atomic E-state index is 0.00594. The monoisotopic (exact) mass is 656 g/mol. The summed E-state index contributed by atoms with van der Waals surface area (Å²) in [6.45, 7) is 6.36. The molecule has 6 amide bonds. The molecule has 0 spiro atoms. The van der Waals surface area contributed by atoms with Gasteiger partial charge in [-0.05, 0) is 56.7 Å². The van der Waals surface area contributed by atoms with E-state index < -0.39 is 77.8 Å². The van der Waals surface area contributed by atoms with Crippen LogP contribution in [0.15, 0.2) is 18.2 Å².